The van der Waals surface area contributed by atoms with Crippen molar-refractivity contribution < 1.29 is 9.53 Å². The number of aromatic nitrogens is 1. The van der Waals surface area contributed by atoms with Gasteiger partial charge in [-0.15, -0.1) is 11.8 Å². The lowest BCUT2D eigenvalue weighted by atomic mass is 10.0. The van der Waals surface area contributed by atoms with Gasteiger partial charge in [0.2, 0.25) is 0 Å². The molecule has 0 bridgehead atoms. The van der Waals surface area contributed by atoms with Gasteiger partial charge in [0.25, 0.3) is 5.91 Å². The van der Waals surface area contributed by atoms with Crippen LogP contribution >= 0.6 is 23.1 Å². The van der Waals surface area contributed by atoms with Crippen LogP contribution in [-0.4, -0.2) is 36.4 Å². The topological polar surface area (TPSA) is 42.4 Å². The van der Waals surface area contributed by atoms with Gasteiger partial charge in [-0.3, -0.25) is 9.69 Å². The smallest absolute Gasteiger partial charge is 0.260 e. The molecule has 3 aromatic rings. The fourth-order valence-corrected chi connectivity index (χ4v) is 5.01. The number of ether oxygens (including phenoxy) is 1. The number of anilines is 1. The van der Waals surface area contributed by atoms with Gasteiger partial charge in [0.1, 0.15) is 0 Å². The Kier molecular flexibility index (Phi) is 5.71. The number of fused-ring (bicyclic) bond motifs is 1. The molecule has 1 aromatic heterocycles. The normalized spacial score (nSPS) is 16.6. The molecule has 0 saturated carbocycles. The predicted molar refractivity (Wildman–Crippen MR) is 118 cm³/mol. The van der Waals surface area contributed by atoms with Gasteiger partial charge < -0.3 is 4.74 Å². The summed E-state index contributed by atoms with van der Waals surface area (Å²) in [5, 5.41) is 0.745. The number of rotatable bonds is 5. The first-order valence-corrected chi connectivity index (χ1v) is 11.5. The minimum atomic E-state index is 0.000783. The standard InChI is InChI=1S/C22H24N2O2S2/c1-14-6-7-15(2)18(11-14)21(25)24(13-16-5-4-10-26-16)22-23-19-9-8-17(27-3)12-20(19)28-22/h6-9,11-12,16H,4-5,10,13H2,1-3H3/t16-/m0/s1. The Balaban J connectivity index is 1.74. The maximum atomic E-state index is 13.5. The SMILES string of the molecule is CSc1ccc2nc(N(C[C@@H]3CCCO3)C(=O)c3cc(C)ccc3C)sc2c1. The molecule has 2 aromatic carbocycles. The second-order valence-electron chi connectivity index (χ2n) is 7.20. The van der Waals surface area contributed by atoms with Gasteiger partial charge in [-0.2, -0.15) is 0 Å². The van der Waals surface area contributed by atoms with Gasteiger partial charge in [0.15, 0.2) is 5.13 Å². The minimum Gasteiger partial charge on any atom is -0.376 e. The Labute approximate surface area is 173 Å². The number of carbonyl (C=O) groups excluding carboxylic acids is 1. The number of thioether (sulfide) groups is 1. The van der Waals surface area contributed by atoms with Gasteiger partial charge in [-0.05, 0) is 62.8 Å². The van der Waals surface area contributed by atoms with Crippen LogP contribution in [0, 0.1) is 13.8 Å². The Hall–Kier alpha value is -1.89. The van der Waals surface area contributed by atoms with Crippen molar-refractivity contribution in [2.45, 2.75) is 37.7 Å². The van der Waals surface area contributed by atoms with Gasteiger partial charge in [-0.1, -0.05) is 29.0 Å². The van der Waals surface area contributed by atoms with Crippen LogP contribution in [0.15, 0.2) is 41.3 Å². The maximum Gasteiger partial charge on any atom is 0.260 e. The summed E-state index contributed by atoms with van der Waals surface area (Å²) >= 11 is 3.29. The number of benzene rings is 2. The maximum absolute atomic E-state index is 13.5. The molecule has 146 valence electrons. The molecule has 0 unspecified atom stereocenters. The molecule has 1 atom stereocenters. The van der Waals surface area contributed by atoms with Crippen molar-refractivity contribution in [2.24, 2.45) is 0 Å². The van der Waals surface area contributed by atoms with Crippen molar-refractivity contribution >= 4 is 44.4 Å². The third kappa shape index (κ3) is 3.95. The molecule has 2 heterocycles. The van der Waals surface area contributed by atoms with Crippen LogP contribution in [0.4, 0.5) is 5.13 Å². The van der Waals surface area contributed by atoms with E-state index in [1.54, 1.807) is 23.1 Å². The van der Waals surface area contributed by atoms with Crippen LogP contribution in [0.2, 0.25) is 0 Å². The van der Waals surface area contributed by atoms with Gasteiger partial charge in [0.05, 0.1) is 22.9 Å². The molecule has 0 aliphatic carbocycles. The Morgan fingerprint density at radius 2 is 2.14 bits per heavy atom. The van der Waals surface area contributed by atoms with E-state index in [2.05, 4.69) is 18.4 Å². The van der Waals surface area contributed by atoms with E-state index in [9.17, 15) is 4.79 Å². The number of thiazole rings is 1. The Bertz CT molecular complexity index is 1010. The molecular weight excluding hydrogens is 388 g/mol. The molecule has 1 aliphatic rings. The summed E-state index contributed by atoms with van der Waals surface area (Å²) in [4.78, 5) is 21.4. The van der Waals surface area contributed by atoms with Crippen molar-refractivity contribution in [1.82, 2.24) is 4.98 Å². The van der Waals surface area contributed by atoms with Crippen LogP contribution in [0.1, 0.15) is 34.3 Å². The molecule has 4 rings (SSSR count). The molecule has 1 saturated heterocycles. The highest BCUT2D eigenvalue weighted by Gasteiger charge is 2.27. The van der Waals surface area contributed by atoms with Crippen LogP contribution in [-0.2, 0) is 4.74 Å². The first kappa shape index (κ1) is 19.4. The molecule has 28 heavy (non-hydrogen) atoms. The third-order valence-corrected chi connectivity index (χ3v) is 6.86. The lowest BCUT2D eigenvalue weighted by Crippen LogP contribution is -2.37. The number of nitrogens with zero attached hydrogens (tertiary/aromatic N) is 2. The van der Waals surface area contributed by atoms with Crippen LogP contribution in [0.3, 0.4) is 0 Å². The highest BCUT2D eigenvalue weighted by molar-refractivity contribution is 7.98. The highest BCUT2D eigenvalue weighted by Crippen LogP contribution is 2.33. The Morgan fingerprint density at radius 1 is 1.29 bits per heavy atom. The Morgan fingerprint density at radius 3 is 2.89 bits per heavy atom. The van der Waals surface area contributed by atoms with E-state index in [1.807, 2.05) is 43.0 Å². The summed E-state index contributed by atoms with van der Waals surface area (Å²) in [6.45, 7) is 5.32. The van der Waals surface area contributed by atoms with Gasteiger partial charge in [0, 0.05) is 17.1 Å². The van der Waals surface area contributed by atoms with Crippen molar-refractivity contribution in [1.29, 1.82) is 0 Å². The first-order valence-electron chi connectivity index (χ1n) is 9.50. The predicted octanol–water partition coefficient (Wildman–Crippen LogP) is 5.46. The quantitative estimate of drug-likeness (QED) is 0.522. The van der Waals surface area contributed by atoms with Crippen LogP contribution in [0.25, 0.3) is 10.2 Å². The molecule has 1 aliphatic heterocycles. The second-order valence-corrected chi connectivity index (χ2v) is 9.09. The van der Waals surface area contributed by atoms with E-state index in [0.717, 1.165) is 51.5 Å². The van der Waals surface area contributed by atoms with E-state index >= 15 is 0 Å². The van der Waals surface area contributed by atoms with E-state index in [1.165, 1.54) is 4.90 Å². The van der Waals surface area contributed by atoms with Crippen LogP contribution < -0.4 is 4.90 Å². The largest absolute Gasteiger partial charge is 0.376 e. The molecule has 0 spiro atoms. The van der Waals surface area contributed by atoms with Gasteiger partial charge >= 0.3 is 0 Å². The van der Waals surface area contributed by atoms with E-state index < -0.39 is 0 Å². The lowest BCUT2D eigenvalue weighted by Gasteiger charge is -2.24. The summed E-state index contributed by atoms with van der Waals surface area (Å²) in [7, 11) is 0. The van der Waals surface area contributed by atoms with Crippen molar-refractivity contribution in [3.63, 3.8) is 0 Å². The highest BCUT2D eigenvalue weighted by atomic mass is 32.2. The summed E-state index contributed by atoms with van der Waals surface area (Å²) in [5.74, 6) is 0.000783. The van der Waals surface area contributed by atoms with Crippen molar-refractivity contribution in [3.8, 4) is 0 Å². The van der Waals surface area contributed by atoms with Crippen molar-refractivity contribution in [3.05, 3.63) is 53.1 Å². The van der Waals surface area contributed by atoms with E-state index in [0.29, 0.717) is 6.54 Å². The molecule has 1 amide bonds. The van der Waals surface area contributed by atoms with Gasteiger partial charge in [-0.25, -0.2) is 4.98 Å². The fourth-order valence-electron chi connectivity index (χ4n) is 3.49. The average molecular weight is 413 g/mol. The molecule has 0 N–H and O–H groups in total. The zero-order chi connectivity index (χ0) is 19.7. The molecule has 0 radical (unpaired) electrons. The lowest BCUT2D eigenvalue weighted by molar-refractivity contribution is 0.0917. The monoisotopic (exact) mass is 412 g/mol. The first-order chi connectivity index (χ1) is 13.5. The molecule has 6 heteroatoms. The van der Waals surface area contributed by atoms with Crippen molar-refractivity contribution in [2.75, 3.05) is 24.3 Å². The fraction of sp³-hybridized carbons (Fsp3) is 0.364. The number of hydrogen-bond acceptors (Lipinski definition) is 5. The summed E-state index contributed by atoms with van der Waals surface area (Å²) in [5.41, 5.74) is 3.74. The summed E-state index contributed by atoms with van der Waals surface area (Å²) in [6.07, 6.45) is 4.17. The zero-order valence-electron chi connectivity index (χ0n) is 16.4. The summed E-state index contributed by atoms with van der Waals surface area (Å²) in [6, 6.07) is 12.3. The number of hydrogen-bond donors (Lipinski definition) is 0. The zero-order valence-corrected chi connectivity index (χ0v) is 18.0. The average Bonchev–Trinajstić information content (AvgIpc) is 3.36. The molecule has 1 fully saturated rings. The third-order valence-electron chi connectivity index (χ3n) is 5.09. The number of aryl methyl sites for hydroxylation is 2. The summed E-state index contributed by atoms with van der Waals surface area (Å²) < 4.78 is 6.94. The van der Waals surface area contributed by atoms with E-state index in [-0.39, 0.29) is 12.0 Å². The number of carbonyl (C=O) groups is 1. The van der Waals surface area contributed by atoms with Crippen LogP contribution in [0.5, 0.6) is 0 Å². The molecular formula is C22H24N2O2S2. The molecule has 4 nitrogen and oxygen atoms in total. The second kappa shape index (κ2) is 8.23. The van der Waals surface area contributed by atoms with E-state index in [4.69, 9.17) is 9.72 Å². The minimum absolute atomic E-state index is 0.000783. The number of amides is 1.